The van der Waals surface area contributed by atoms with E-state index in [0.29, 0.717) is 0 Å². The van der Waals surface area contributed by atoms with Gasteiger partial charge < -0.3 is 49.8 Å². The average Bonchev–Trinajstić information content (AvgIpc) is 3.15. The summed E-state index contributed by atoms with van der Waals surface area (Å²) in [7, 11) is 0. The molecule has 4 aliphatic rings. The van der Waals surface area contributed by atoms with Gasteiger partial charge in [0.05, 0.1) is 40.8 Å². The van der Waals surface area contributed by atoms with Gasteiger partial charge in [-0.1, -0.05) is 44.2 Å². The molecule has 2 aromatic rings. The predicted octanol–water partition coefficient (Wildman–Crippen LogP) is 2.60. The molecule has 0 radical (unpaired) electrons. The fourth-order valence-corrected chi connectivity index (χ4v) is 9.31. The molecule has 3 fully saturated rings. The van der Waals surface area contributed by atoms with E-state index in [1.54, 1.807) is 39.0 Å². The maximum absolute atomic E-state index is 14.7. The first kappa shape index (κ1) is 42.8. The van der Waals surface area contributed by atoms with E-state index in [1.807, 2.05) is 0 Å². The number of carbonyl (C=O) groups is 4. The van der Waals surface area contributed by atoms with Crippen molar-refractivity contribution in [2.24, 2.45) is 16.7 Å². The molecule has 17 heteroatoms. The Hall–Kier alpha value is -4.78. The lowest BCUT2D eigenvalue weighted by atomic mass is 9.44. The van der Waals surface area contributed by atoms with Gasteiger partial charge in [0.1, 0.15) is 35.1 Å². The molecule has 1 heterocycles. The molecule has 6 N–H and O–H groups in total. The highest BCUT2D eigenvalue weighted by atomic mass is 16.6. The Balaban J connectivity index is 1.45. The summed E-state index contributed by atoms with van der Waals surface area (Å²) in [5, 5.41) is 74.5. The summed E-state index contributed by atoms with van der Waals surface area (Å²) < 4.78 is 23.0. The third-order valence-corrected chi connectivity index (χ3v) is 12.6. The number of hydrogen-bond acceptors (Lipinski definition) is 15. The van der Waals surface area contributed by atoms with Crippen molar-refractivity contribution >= 4 is 29.5 Å². The molecular formula is C41H50N2O15. The minimum atomic E-state index is -2.38. The Morgan fingerprint density at radius 1 is 1.00 bits per heavy atom. The maximum Gasteiger partial charge on any atom is 0.408 e. The molecule has 0 aromatic heterocycles. The van der Waals surface area contributed by atoms with Crippen LogP contribution in [-0.4, -0.2) is 114 Å². The summed E-state index contributed by atoms with van der Waals surface area (Å²) in [5.41, 5.74) is -9.19. The first-order valence-corrected chi connectivity index (χ1v) is 18.9. The van der Waals surface area contributed by atoms with Crippen molar-refractivity contribution in [2.45, 2.75) is 121 Å². The van der Waals surface area contributed by atoms with E-state index in [-0.39, 0.29) is 41.0 Å². The third kappa shape index (κ3) is 6.96. The lowest BCUT2D eigenvalue weighted by molar-refractivity contribution is -0.384. The number of nitro groups is 1. The van der Waals surface area contributed by atoms with E-state index in [1.165, 1.54) is 52.0 Å². The molecule has 3 aliphatic carbocycles. The van der Waals surface area contributed by atoms with E-state index in [4.69, 9.17) is 18.9 Å². The Kier molecular flexibility index (Phi) is 10.9. The Morgan fingerprint density at radius 2 is 1.62 bits per heavy atom. The number of nitrogens with zero attached hydrogens (tertiary/aromatic N) is 1. The van der Waals surface area contributed by atoms with Gasteiger partial charge in [0.2, 0.25) is 0 Å². The van der Waals surface area contributed by atoms with Gasteiger partial charge in [-0.25, -0.2) is 14.4 Å². The number of amides is 1. The van der Waals surface area contributed by atoms with Crippen LogP contribution in [-0.2, 0) is 28.5 Å². The summed E-state index contributed by atoms with van der Waals surface area (Å²) in [6, 6.07) is 10.8. The molecular weight excluding hydrogens is 760 g/mol. The van der Waals surface area contributed by atoms with Gasteiger partial charge in [0.15, 0.2) is 11.9 Å². The maximum atomic E-state index is 14.7. The number of nitro benzene ring substituents is 1. The minimum absolute atomic E-state index is 0.0547. The van der Waals surface area contributed by atoms with Crippen molar-refractivity contribution in [3.63, 3.8) is 0 Å². The highest BCUT2D eigenvalue weighted by Crippen LogP contribution is 2.63. The summed E-state index contributed by atoms with van der Waals surface area (Å²) in [6.45, 7) is 10.2. The van der Waals surface area contributed by atoms with Crippen molar-refractivity contribution in [2.75, 3.05) is 6.61 Å². The van der Waals surface area contributed by atoms with Crippen LogP contribution in [0.25, 0.3) is 0 Å². The van der Waals surface area contributed by atoms with Crippen LogP contribution in [0.2, 0.25) is 0 Å². The fraction of sp³-hybridized carbons (Fsp3) is 0.561. The largest absolute Gasteiger partial charge is 0.456 e. The van der Waals surface area contributed by atoms with Gasteiger partial charge in [0.25, 0.3) is 5.69 Å². The van der Waals surface area contributed by atoms with Crippen LogP contribution in [0.3, 0.4) is 0 Å². The zero-order valence-electron chi connectivity index (χ0n) is 33.2. The highest BCUT2D eigenvalue weighted by molar-refractivity contribution is 5.94. The van der Waals surface area contributed by atoms with Crippen LogP contribution in [0.4, 0.5) is 10.5 Å². The number of ketones is 1. The SMILES string of the molecule is CC1=C2C(O)C(=O)[C@]3(C)C(O)CC4OCC4(O)C3C(OC(=O)c3ccccc3)C(O)(CC1OC(=O)C(O)C(NC(=O)OC(C)(C)C)c1ccc([N+](=O)[O-])cc1)C2(C)C. The summed E-state index contributed by atoms with van der Waals surface area (Å²) >= 11 is 0. The molecule has 0 spiro atoms. The predicted molar refractivity (Wildman–Crippen MR) is 201 cm³/mol. The molecule has 314 valence electrons. The average molecular weight is 811 g/mol. The van der Waals surface area contributed by atoms with Crippen molar-refractivity contribution in [3.05, 3.63) is 87.0 Å². The molecule has 1 amide bonds. The van der Waals surface area contributed by atoms with Gasteiger partial charge in [-0.05, 0) is 63.5 Å². The number of aliphatic hydroxyl groups excluding tert-OH is 3. The molecule has 1 saturated heterocycles. The Bertz CT molecular complexity index is 2010. The van der Waals surface area contributed by atoms with Crippen LogP contribution in [0.5, 0.6) is 0 Å². The topological polar surface area (TPSA) is 262 Å². The minimum Gasteiger partial charge on any atom is -0.456 e. The van der Waals surface area contributed by atoms with Gasteiger partial charge in [-0.2, -0.15) is 0 Å². The molecule has 17 nitrogen and oxygen atoms in total. The lowest BCUT2D eigenvalue weighted by Gasteiger charge is -2.66. The number of aliphatic hydroxyl groups is 5. The van der Waals surface area contributed by atoms with E-state index >= 15 is 0 Å². The smallest absolute Gasteiger partial charge is 0.408 e. The van der Waals surface area contributed by atoms with Crippen molar-refractivity contribution in [1.82, 2.24) is 5.32 Å². The first-order chi connectivity index (χ1) is 26.9. The number of non-ortho nitro benzene ring substituents is 1. The number of ether oxygens (including phenoxy) is 4. The van der Waals surface area contributed by atoms with Gasteiger partial charge >= 0.3 is 18.0 Å². The molecule has 10 unspecified atom stereocenters. The monoisotopic (exact) mass is 810 g/mol. The number of nitrogens with one attached hydrogen (secondary N) is 1. The fourth-order valence-electron chi connectivity index (χ4n) is 9.31. The molecule has 2 aromatic carbocycles. The van der Waals surface area contributed by atoms with E-state index in [9.17, 15) is 54.8 Å². The highest BCUT2D eigenvalue weighted by Gasteiger charge is 2.76. The van der Waals surface area contributed by atoms with Crippen LogP contribution in [0, 0.1) is 26.9 Å². The summed E-state index contributed by atoms with van der Waals surface area (Å²) in [4.78, 5) is 66.3. The van der Waals surface area contributed by atoms with Crippen molar-refractivity contribution < 1.29 is 68.6 Å². The zero-order chi connectivity index (χ0) is 42.9. The molecule has 2 bridgehead atoms. The second-order valence-corrected chi connectivity index (χ2v) is 17.5. The number of carbonyl (C=O) groups excluding carboxylic acids is 4. The normalized spacial score (nSPS) is 33.8. The number of benzene rings is 2. The van der Waals surface area contributed by atoms with Gasteiger partial charge in [-0.15, -0.1) is 0 Å². The quantitative estimate of drug-likeness (QED) is 0.0736. The van der Waals surface area contributed by atoms with E-state index in [2.05, 4.69) is 5.32 Å². The standard InChI is InChI=1S/C41H50N2O15/c1-20-24(56-35(49)30(46)28(42-36(50)58-37(2,3)4)21-13-15-23(16-14-21)43(53)54)18-41(52)33(57-34(48)22-11-9-8-10-12-22)31-39(7,25(44)17-26-40(31,51)19-55-26)32(47)29(45)27(20)38(41,5)6/h8-16,24-26,28-31,33,44-46,51-52H,17-19H2,1-7H3,(H,42,50)/t24?,25?,26?,28?,29?,30?,31?,33?,39-,40?,41?/m1/s1. The van der Waals surface area contributed by atoms with Gasteiger partial charge in [-0.3, -0.25) is 14.9 Å². The number of alkyl carbamates (subject to hydrolysis) is 1. The first-order valence-electron chi connectivity index (χ1n) is 18.9. The second-order valence-electron chi connectivity index (χ2n) is 17.5. The number of fused-ring (bicyclic) bond motifs is 5. The summed E-state index contributed by atoms with van der Waals surface area (Å²) in [5.74, 6) is -4.82. The molecule has 58 heavy (non-hydrogen) atoms. The van der Waals surface area contributed by atoms with Crippen LogP contribution >= 0.6 is 0 Å². The second kappa shape index (κ2) is 14.8. The molecule has 2 saturated carbocycles. The molecule has 11 atom stereocenters. The number of Topliss-reactive ketones (excluding diaryl/α,β-unsaturated/α-hetero) is 1. The number of esters is 2. The zero-order valence-corrected chi connectivity index (χ0v) is 33.2. The van der Waals surface area contributed by atoms with E-state index in [0.717, 1.165) is 12.1 Å². The lowest BCUT2D eigenvalue weighted by Crippen LogP contribution is -2.81. The van der Waals surface area contributed by atoms with E-state index < -0.39 is 111 Å². The van der Waals surface area contributed by atoms with Crippen LogP contribution in [0.15, 0.2) is 65.7 Å². The van der Waals surface area contributed by atoms with Crippen LogP contribution in [0.1, 0.15) is 83.3 Å². The number of hydrogen-bond donors (Lipinski definition) is 6. The molecule has 1 aliphatic heterocycles. The third-order valence-electron chi connectivity index (χ3n) is 12.6. The molecule has 6 rings (SSSR count). The Labute approximate surface area is 334 Å². The summed E-state index contributed by atoms with van der Waals surface area (Å²) in [6.07, 6.45) is -12.0. The van der Waals surface area contributed by atoms with Crippen molar-refractivity contribution in [3.8, 4) is 0 Å². The van der Waals surface area contributed by atoms with Crippen molar-refractivity contribution in [1.29, 1.82) is 0 Å². The van der Waals surface area contributed by atoms with Gasteiger partial charge in [0, 0.05) is 36.3 Å². The Morgan fingerprint density at radius 3 is 2.17 bits per heavy atom. The van der Waals surface area contributed by atoms with Crippen LogP contribution < -0.4 is 5.32 Å². The number of rotatable bonds is 8.